The van der Waals surface area contributed by atoms with Gasteiger partial charge in [-0.05, 0) is 18.2 Å². The standard InChI is InChI=1S/C19H20N2O3/c1-20-17-14-10-6-7-11-16(14)24-12-15(17)18(19(22)23-2)21(20)13-8-4-3-5-9-13/h3-11,15,17-18H,12H2,1-2H3/t15-,17-,18+/m1/s1. The molecule has 24 heavy (non-hydrogen) atoms. The van der Waals surface area contributed by atoms with Crippen LogP contribution in [0.3, 0.4) is 0 Å². The van der Waals surface area contributed by atoms with E-state index < -0.39 is 6.04 Å². The van der Waals surface area contributed by atoms with E-state index in [4.69, 9.17) is 9.47 Å². The third-order valence-corrected chi connectivity index (χ3v) is 4.95. The minimum Gasteiger partial charge on any atom is -0.493 e. The van der Waals surface area contributed by atoms with Crippen LogP contribution in [0.15, 0.2) is 54.6 Å². The molecule has 0 saturated carbocycles. The Morgan fingerprint density at radius 3 is 2.58 bits per heavy atom. The summed E-state index contributed by atoms with van der Waals surface area (Å²) in [6, 6.07) is 17.7. The normalized spacial score (nSPS) is 25.6. The molecule has 0 bridgehead atoms. The molecular formula is C19H20N2O3. The highest BCUT2D eigenvalue weighted by Crippen LogP contribution is 2.48. The number of fused-ring (bicyclic) bond motifs is 3. The van der Waals surface area contributed by atoms with E-state index in [9.17, 15) is 4.79 Å². The number of anilines is 1. The number of hydrogen-bond acceptors (Lipinski definition) is 5. The van der Waals surface area contributed by atoms with Gasteiger partial charge in [0, 0.05) is 18.5 Å². The lowest BCUT2D eigenvalue weighted by atomic mass is 9.87. The Morgan fingerprint density at radius 2 is 1.83 bits per heavy atom. The largest absolute Gasteiger partial charge is 0.493 e. The molecule has 1 fully saturated rings. The van der Waals surface area contributed by atoms with Crippen LogP contribution in [0.5, 0.6) is 5.75 Å². The summed E-state index contributed by atoms with van der Waals surface area (Å²) < 4.78 is 11.0. The molecular weight excluding hydrogens is 304 g/mol. The highest BCUT2D eigenvalue weighted by atomic mass is 16.5. The van der Waals surface area contributed by atoms with Gasteiger partial charge < -0.3 is 9.47 Å². The number of nitrogens with zero attached hydrogens (tertiary/aromatic N) is 2. The maximum absolute atomic E-state index is 12.6. The van der Waals surface area contributed by atoms with Gasteiger partial charge >= 0.3 is 5.97 Å². The predicted octanol–water partition coefficient (Wildman–Crippen LogP) is 2.64. The fourth-order valence-electron chi connectivity index (χ4n) is 3.94. The average Bonchev–Trinajstić information content (AvgIpc) is 2.95. The molecule has 2 heterocycles. The molecule has 1 saturated heterocycles. The molecule has 0 radical (unpaired) electrons. The van der Waals surface area contributed by atoms with E-state index in [1.54, 1.807) is 0 Å². The van der Waals surface area contributed by atoms with Crippen LogP contribution >= 0.6 is 0 Å². The number of esters is 1. The number of ether oxygens (including phenoxy) is 2. The van der Waals surface area contributed by atoms with E-state index in [0.29, 0.717) is 6.61 Å². The van der Waals surface area contributed by atoms with Crippen molar-refractivity contribution in [1.29, 1.82) is 0 Å². The van der Waals surface area contributed by atoms with Crippen molar-refractivity contribution in [3.05, 3.63) is 60.2 Å². The molecule has 2 aromatic rings. The number of hydrogen-bond donors (Lipinski definition) is 0. The third-order valence-electron chi connectivity index (χ3n) is 4.95. The van der Waals surface area contributed by atoms with Crippen LogP contribution in [0, 0.1) is 5.92 Å². The second kappa shape index (κ2) is 5.83. The Bertz CT molecular complexity index is 749. The second-order valence-corrected chi connectivity index (χ2v) is 6.18. The predicted molar refractivity (Wildman–Crippen MR) is 90.7 cm³/mol. The highest BCUT2D eigenvalue weighted by Gasteiger charge is 2.53. The van der Waals surface area contributed by atoms with Gasteiger partial charge in [-0.2, -0.15) is 0 Å². The summed E-state index contributed by atoms with van der Waals surface area (Å²) in [7, 11) is 3.46. The van der Waals surface area contributed by atoms with Crippen molar-refractivity contribution >= 4 is 11.7 Å². The van der Waals surface area contributed by atoms with Crippen molar-refractivity contribution in [2.45, 2.75) is 12.1 Å². The molecule has 124 valence electrons. The van der Waals surface area contributed by atoms with Crippen molar-refractivity contribution in [3.8, 4) is 5.75 Å². The van der Waals surface area contributed by atoms with Crippen molar-refractivity contribution in [2.24, 2.45) is 5.92 Å². The van der Waals surface area contributed by atoms with Gasteiger partial charge in [-0.3, -0.25) is 5.01 Å². The molecule has 3 atom stereocenters. The molecule has 2 aromatic carbocycles. The zero-order valence-corrected chi connectivity index (χ0v) is 13.8. The number of rotatable bonds is 2. The van der Waals surface area contributed by atoms with Crippen LogP contribution in [-0.4, -0.2) is 37.8 Å². The number of carbonyl (C=O) groups excluding carboxylic acids is 1. The summed E-state index contributed by atoms with van der Waals surface area (Å²) in [4.78, 5) is 12.6. The fourth-order valence-corrected chi connectivity index (χ4v) is 3.94. The lowest BCUT2D eigenvalue weighted by Crippen LogP contribution is -2.45. The quantitative estimate of drug-likeness (QED) is 0.795. The van der Waals surface area contributed by atoms with Gasteiger partial charge in [0.15, 0.2) is 6.04 Å². The Kier molecular flexibility index (Phi) is 3.65. The molecule has 0 unspecified atom stereocenters. The maximum Gasteiger partial charge on any atom is 0.330 e. The lowest BCUT2D eigenvalue weighted by Gasteiger charge is -2.33. The van der Waals surface area contributed by atoms with E-state index >= 15 is 0 Å². The van der Waals surface area contributed by atoms with Crippen LogP contribution in [0.4, 0.5) is 5.69 Å². The smallest absolute Gasteiger partial charge is 0.330 e. The summed E-state index contributed by atoms with van der Waals surface area (Å²) in [5.41, 5.74) is 2.09. The first-order valence-corrected chi connectivity index (χ1v) is 8.09. The molecule has 0 amide bonds. The molecule has 0 spiro atoms. The summed E-state index contributed by atoms with van der Waals surface area (Å²) in [5.74, 6) is 0.669. The van der Waals surface area contributed by atoms with Crippen molar-refractivity contribution in [2.75, 3.05) is 25.8 Å². The van der Waals surface area contributed by atoms with E-state index in [-0.39, 0.29) is 17.9 Å². The maximum atomic E-state index is 12.6. The molecule has 2 aliphatic rings. The number of para-hydroxylation sites is 2. The lowest BCUT2D eigenvalue weighted by molar-refractivity contribution is -0.143. The minimum atomic E-state index is -0.402. The summed E-state index contributed by atoms with van der Waals surface area (Å²) in [6.07, 6.45) is 0. The molecule has 5 heteroatoms. The summed E-state index contributed by atoms with van der Waals surface area (Å²) in [6.45, 7) is 0.495. The number of hydrazine groups is 1. The Morgan fingerprint density at radius 1 is 1.12 bits per heavy atom. The molecule has 4 rings (SSSR count). The van der Waals surface area contributed by atoms with Gasteiger partial charge in [0.05, 0.1) is 25.4 Å². The first-order chi connectivity index (χ1) is 11.7. The first kappa shape index (κ1) is 15.0. The molecule has 0 N–H and O–H groups in total. The number of carbonyl (C=O) groups is 1. The van der Waals surface area contributed by atoms with Gasteiger partial charge in [-0.1, -0.05) is 36.4 Å². The Balaban J connectivity index is 1.82. The van der Waals surface area contributed by atoms with Gasteiger partial charge in [0.2, 0.25) is 0 Å². The monoisotopic (exact) mass is 324 g/mol. The minimum absolute atomic E-state index is 0.0116. The summed E-state index contributed by atoms with van der Waals surface area (Å²) >= 11 is 0. The topological polar surface area (TPSA) is 42.0 Å². The van der Waals surface area contributed by atoms with Crippen molar-refractivity contribution in [1.82, 2.24) is 5.01 Å². The number of methoxy groups -OCH3 is 1. The first-order valence-electron chi connectivity index (χ1n) is 8.09. The molecule has 2 aliphatic heterocycles. The molecule has 5 nitrogen and oxygen atoms in total. The van der Waals surface area contributed by atoms with E-state index in [1.165, 1.54) is 7.11 Å². The van der Waals surface area contributed by atoms with Crippen LogP contribution in [-0.2, 0) is 9.53 Å². The Labute approximate surface area is 141 Å². The van der Waals surface area contributed by atoms with Crippen LogP contribution in [0.25, 0.3) is 0 Å². The van der Waals surface area contributed by atoms with Gasteiger partial charge in [0.1, 0.15) is 5.75 Å². The van der Waals surface area contributed by atoms with Crippen LogP contribution in [0.1, 0.15) is 11.6 Å². The highest BCUT2D eigenvalue weighted by molar-refractivity contribution is 5.81. The van der Waals surface area contributed by atoms with Crippen LogP contribution in [0.2, 0.25) is 0 Å². The van der Waals surface area contributed by atoms with Gasteiger partial charge in [0.25, 0.3) is 0 Å². The third kappa shape index (κ3) is 2.16. The fraction of sp³-hybridized carbons (Fsp3) is 0.316. The van der Waals surface area contributed by atoms with E-state index in [1.807, 2.05) is 60.6 Å². The molecule has 0 aromatic heterocycles. The van der Waals surface area contributed by atoms with Crippen LogP contribution < -0.4 is 9.75 Å². The van der Waals surface area contributed by atoms with E-state index in [2.05, 4.69) is 11.1 Å². The SMILES string of the molecule is COC(=O)[C@@H]1[C@@H]2COc3ccccc3[C@H]2N(C)N1c1ccccc1. The number of benzene rings is 2. The van der Waals surface area contributed by atoms with Gasteiger partial charge in [-0.25, -0.2) is 9.80 Å². The Hall–Kier alpha value is -2.53. The van der Waals surface area contributed by atoms with E-state index in [0.717, 1.165) is 17.0 Å². The summed E-state index contributed by atoms with van der Waals surface area (Å²) in [5, 5.41) is 4.18. The van der Waals surface area contributed by atoms with Crippen molar-refractivity contribution in [3.63, 3.8) is 0 Å². The molecule has 0 aliphatic carbocycles. The second-order valence-electron chi connectivity index (χ2n) is 6.18. The average molecular weight is 324 g/mol. The van der Waals surface area contributed by atoms with Gasteiger partial charge in [-0.15, -0.1) is 0 Å². The van der Waals surface area contributed by atoms with Crippen molar-refractivity contribution < 1.29 is 14.3 Å². The zero-order chi connectivity index (χ0) is 16.7. The zero-order valence-electron chi connectivity index (χ0n) is 13.8.